The highest BCUT2D eigenvalue weighted by molar-refractivity contribution is 8.09. The molecule has 6 atom stereocenters. The van der Waals surface area contributed by atoms with Crippen LogP contribution in [0.5, 0.6) is 5.75 Å². The number of nitrogens with two attached hydrogens (primary N) is 1. The molecule has 1 unspecified atom stereocenters. The summed E-state index contributed by atoms with van der Waals surface area (Å²) in [7, 11) is 0. The van der Waals surface area contributed by atoms with Crippen molar-refractivity contribution in [1.29, 1.82) is 0 Å². The fraction of sp³-hybridized carbons (Fsp3) is 0.423. The van der Waals surface area contributed by atoms with Crippen LogP contribution in [0.3, 0.4) is 0 Å². The molecule has 4 N–H and O–H groups in total. The van der Waals surface area contributed by atoms with Gasteiger partial charge in [0, 0.05) is 11.6 Å². The zero-order valence-electron chi connectivity index (χ0n) is 22.4. The number of hydrogen-bond acceptors (Lipinski definition) is 10. The average molecular weight is 595 g/mol. The van der Waals surface area contributed by atoms with Crippen LogP contribution in [0.1, 0.15) is 33.9 Å². The molecular formula is C26H32FN4O7PS. The molecule has 1 aromatic heterocycles. The monoisotopic (exact) mass is 594 g/mol. The summed E-state index contributed by atoms with van der Waals surface area (Å²) in [5.74, 6) is -0.212. The predicted octanol–water partition coefficient (Wildman–Crippen LogP) is 3.22. The summed E-state index contributed by atoms with van der Waals surface area (Å²) in [4.78, 5) is 28.5. The molecule has 0 spiro atoms. The normalized spacial score (nSPS) is 25.0. The Bertz CT molecular complexity index is 1490. The van der Waals surface area contributed by atoms with Gasteiger partial charge in [-0.25, -0.2) is 14.3 Å². The van der Waals surface area contributed by atoms with Gasteiger partial charge in [0.1, 0.15) is 29.3 Å². The minimum Gasteiger partial charge on any atom is -0.462 e. The third-order valence-electron chi connectivity index (χ3n) is 6.24. The van der Waals surface area contributed by atoms with Crippen LogP contribution in [0.15, 0.2) is 59.5 Å². The fourth-order valence-electron chi connectivity index (χ4n) is 4.20. The molecule has 0 bridgehead atoms. The number of aromatic nitrogens is 2. The van der Waals surface area contributed by atoms with Crippen LogP contribution in [0.2, 0.25) is 0 Å². The van der Waals surface area contributed by atoms with Crippen LogP contribution < -0.4 is 21.0 Å². The van der Waals surface area contributed by atoms with Crippen LogP contribution in [0.4, 0.5) is 10.2 Å². The number of ether oxygens (including phenoxy) is 2. The second-order valence-corrected chi connectivity index (χ2v) is 13.1. The second-order valence-electron chi connectivity index (χ2n) is 9.93. The van der Waals surface area contributed by atoms with E-state index in [0.29, 0.717) is 5.75 Å². The number of aliphatic hydroxyl groups excluding tert-OH is 1. The molecule has 14 heteroatoms. The number of fused-ring (bicyclic) bond motifs is 1. The van der Waals surface area contributed by atoms with Crippen LogP contribution in [-0.4, -0.2) is 57.3 Å². The summed E-state index contributed by atoms with van der Waals surface area (Å²) in [5, 5.41) is 15.2. The van der Waals surface area contributed by atoms with Gasteiger partial charge in [-0.3, -0.25) is 9.36 Å². The lowest BCUT2D eigenvalue weighted by molar-refractivity contribution is -0.149. The summed E-state index contributed by atoms with van der Waals surface area (Å²) in [6.45, 7) is 2.28. The van der Waals surface area contributed by atoms with Gasteiger partial charge in [0.25, 0.3) is 0 Å². The molecule has 40 heavy (non-hydrogen) atoms. The van der Waals surface area contributed by atoms with Gasteiger partial charge in [0.05, 0.1) is 12.7 Å². The number of nitrogen functional groups attached to an aromatic ring is 1. The molecule has 0 saturated carbocycles. The van der Waals surface area contributed by atoms with Crippen LogP contribution in [0, 0.1) is 0 Å². The number of aliphatic hydroxyl groups is 1. The number of carbonyl (C=O) groups is 1. The Balaban J connectivity index is 1.61. The first-order valence-corrected chi connectivity index (χ1v) is 15.2. The van der Waals surface area contributed by atoms with Crippen molar-refractivity contribution in [1.82, 2.24) is 14.6 Å². The number of halogens is 1. The number of anilines is 1. The first-order valence-electron chi connectivity index (χ1n) is 12.6. The van der Waals surface area contributed by atoms with E-state index < -0.39 is 55.1 Å². The van der Waals surface area contributed by atoms with Crippen LogP contribution in [0.25, 0.3) is 10.8 Å². The molecule has 2 aromatic carbocycles. The molecule has 0 amide bonds. The molecule has 216 valence electrons. The summed E-state index contributed by atoms with van der Waals surface area (Å²) in [5.41, 5.74) is 2.97. The Morgan fingerprint density at radius 1 is 1.27 bits per heavy atom. The lowest BCUT2D eigenvalue weighted by Gasteiger charge is -2.32. The third kappa shape index (κ3) is 6.51. The summed E-state index contributed by atoms with van der Waals surface area (Å²) < 4.78 is 39.8. The van der Waals surface area contributed by atoms with Crippen LogP contribution >= 0.6 is 6.64 Å². The van der Waals surface area contributed by atoms with E-state index in [0.717, 1.165) is 15.3 Å². The molecule has 1 fully saturated rings. The quantitative estimate of drug-likeness (QED) is 0.235. The highest BCUT2D eigenvalue weighted by Crippen LogP contribution is 2.49. The number of rotatable bonds is 10. The minimum absolute atomic E-state index is 0.0286. The number of nitrogens with one attached hydrogen (secondary N) is 1. The fourth-order valence-corrected chi connectivity index (χ4v) is 6.68. The van der Waals surface area contributed by atoms with Gasteiger partial charge in [-0.2, -0.15) is 4.98 Å². The van der Waals surface area contributed by atoms with Gasteiger partial charge in [0.2, 0.25) is 0 Å². The standard InChI is InChI=1S/C26H32FN4O7PS/c1-15(2)36-24(33)16(3)30-39(40,38-19-11-7-9-17-8-5-6-10-18(17)19)35-14-26(4)22(27)21(32)23(37-26)31-13-12-20(28)29-25(31)34/h5-13,15-16,21-23,32H,14H2,1-4H3,(H,30,40)(H2,28,29,34)/t16-,21+,22-,23+,26+,39?/m0/s1. The molecule has 3 aromatic rings. The van der Waals surface area contributed by atoms with Gasteiger partial charge < -0.3 is 29.4 Å². The van der Waals surface area contributed by atoms with Gasteiger partial charge in [-0.05, 0) is 57.0 Å². The Kier molecular flexibility index (Phi) is 8.93. The molecule has 2 heterocycles. The zero-order valence-corrected chi connectivity index (χ0v) is 24.1. The van der Waals surface area contributed by atoms with Crippen molar-refractivity contribution in [2.75, 3.05) is 12.3 Å². The average Bonchev–Trinajstić information content (AvgIpc) is 3.12. The van der Waals surface area contributed by atoms with E-state index in [1.165, 1.54) is 19.2 Å². The molecule has 1 saturated heterocycles. The van der Waals surface area contributed by atoms with E-state index in [9.17, 15) is 14.7 Å². The van der Waals surface area contributed by atoms with Gasteiger partial charge in [-0.1, -0.05) is 36.4 Å². The highest BCUT2D eigenvalue weighted by atomic mass is 32.5. The topological polar surface area (TPSA) is 147 Å². The molecule has 1 aliphatic rings. The first kappa shape index (κ1) is 30.0. The maximum absolute atomic E-state index is 15.5. The number of esters is 1. The van der Waals surface area contributed by atoms with Crippen molar-refractivity contribution in [2.24, 2.45) is 0 Å². The lowest BCUT2D eigenvalue weighted by atomic mass is 10.0. The maximum Gasteiger partial charge on any atom is 0.351 e. The summed E-state index contributed by atoms with van der Waals surface area (Å²) in [6, 6.07) is 13.3. The van der Waals surface area contributed by atoms with Crippen molar-refractivity contribution in [3.05, 3.63) is 65.2 Å². The number of hydrogen-bond donors (Lipinski definition) is 3. The van der Waals surface area contributed by atoms with E-state index in [1.54, 1.807) is 32.9 Å². The van der Waals surface area contributed by atoms with E-state index in [-0.39, 0.29) is 11.9 Å². The number of benzene rings is 2. The SMILES string of the molecule is CC(C)OC(=O)[C@H](C)NP(=S)(OC[C@@]1(C)O[C@@H](n2ccc(N)nc2=O)[C@H](O)[C@@H]1F)Oc1cccc2ccccc12. The molecule has 11 nitrogen and oxygen atoms in total. The second kappa shape index (κ2) is 11.9. The van der Waals surface area contributed by atoms with Crippen LogP contribution in [-0.2, 0) is 30.6 Å². The summed E-state index contributed by atoms with van der Waals surface area (Å²) in [6.07, 6.45) is -4.20. The minimum atomic E-state index is -3.59. The van der Waals surface area contributed by atoms with E-state index in [2.05, 4.69) is 10.1 Å². The Labute approximate surface area is 235 Å². The third-order valence-corrected chi connectivity index (χ3v) is 8.70. The molecular weight excluding hydrogens is 562 g/mol. The van der Waals surface area contributed by atoms with Crippen molar-refractivity contribution >= 4 is 41.0 Å². The molecule has 0 radical (unpaired) electrons. The predicted molar refractivity (Wildman–Crippen MR) is 151 cm³/mol. The van der Waals surface area contributed by atoms with Crippen molar-refractivity contribution < 1.29 is 32.8 Å². The van der Waals surface area contributed by atoms with Gasteiger partial charge >= 0.3 is 18.3 Å². The molecule has 4 rings (SSSR count). The van der Waals surface area contributed by atoms with E-state index in [4.69, 9.17) is 36.1 Å². The molecule has 1 aliphatic heterocycles. The van der Waals surface area contributed by atoms with Crippen molar-refractivity contribution in [2.45, 2.75) is 63.9 Å². The Hall–Kier alpha value is -2.93. The van der Waals surface area contributed by atoms with E-state index in [1.807, 2.05) is 30.3 Å². The smallest absolute Gasteiger partial charge is 0.351 e. The zero-order chi connectivity index (χ0) is 29.2. The highest BCUT2D eigenvalue weighted by Gasteiger charge is 2.54. The number of alkyl halides is 1. The summed E-state index contributed by atoms with van der Waals surface area (Å²) >= 11 is 5.79. The van der Waals surface area contributed by atoms with Gasteiger partial charge in [-0.15, -0.1) is 0 Å². The first-order chi connectivity index (χ1) is 18.8. The van der Waals surface area contributed by atoms with Gasteiger partial charge in [0.15, 0.2) is 12.4 Å². The van der Waals surface area contributed by atoms with Crippen molar-refractivity contribution in [3.63, 3.8) is 0 Å². The number of carbonyl (C=O) groups excluding carboxylic acids is 1. The Morgan fingerprint density at radius 2 is 1.98 bits per heavy atom. The van der Waals surface area contributed by atoms with E-state index >= 15 is 4.39 Å². The maximum atomic E-state index is 15.5. The Morgan fingerprint density at radius 3 is 2.67 bits per heavy atom. The molecule has 0 aliphatic carbocycles. The largest absolute Gasteiger partial charge is 0.462 e. The number of nitrogens with zero attached hydrogens (tertiary/aromatic N) is 2. The van der Waals surface area contributed by atoms with Crippen molar-refractivity contribution in [3.8, 4) is 5.75 Å². The lowest BCUT2D eigenvalue weighted by Crippen LogP contribution is -2.43.